The predicted molar refractivity (Wildman–Crippen MR) is 77.6 cm³/mol. The molecule has 0 radical (unpaired) electrons. The molecule has 0 fully saturated rings. The number of benzene rings is 2. The molecule has 2 aromatic rings. The molecule has 0 aromatic heterocycles. The van der Waals surface area contributed by atoms with Crippen LogP contribution in [-0.4, -0.2) is 0 Å². The largest absolute Gasteiger partial charge is 0.381 e. The molecule has 0 bridgehead atoms. The normalized spacial score (nSPS) is 10.0. The second-order valence-electron chi connectivity index (χ2n) is 3.91. The van der Waals surface area contributed by atoms with E-state index in [0.717, 1.165) is 15.7 Å². The minimum absolute atomic E-state index is 0.0524. The van der Waals surface area contributed by atoms with Gasteiger partial charge in [0, 0.05) is 16.7 Å². The van der Waals surface area contributed by atoms with E-state index in [1.54, 1.807) is 12.1 Å². The summed E-state index contributed by atoms with van der Waals surface area (Å²) in [6, 6.07) is 11.8. The van der Waals surface area contributed by atoms with E-state index in [2.05, 4.69) is 21.2 Å². The van der Waals surface area contributed by atoms with Gasteiger partial charge in [0.25, 0.3) is 0 Å². The highest BCUT2D eigenvalue weighted by atomic mass is 79.9. The quantitative estimate of drug-likeness (QED) is 0.878. The van der Waals surface area contributed by atoms with Crippen molar-refractivity contribution in [3.63, 3.8) is 0 Å². The van der Waals surface area contributed by atoms with E-state index >= 15 is 0 Å². The molecule has 0 aliphatic heterocycles. The second kappa shape index (κ2) is 6.05. The lowest BCUT2D eigenvalue weighted by atomic mass is 10.1. The van der Waals surface area contributed by atoms with Crippen molar-refractivity contribution in [3.8, 4) is 6.07 Å². The van der Waals surface area contributed by atoms with E-state index in [4.69, 9.17) is 16.9 Å². The van der Waals surface area contributed by atoms with Crippen LogP contribution in [0, 0.1) is 17.1 Å². The number of nitrogens with zero attached hydrogens (tertiary/aromatic N) is 1. The van der Waals surface area contributed by atoms with Crippen molar-refractivity contribution in [1.82, 2.24) is 0 Å². The van der Waals surface area contributed by atoms with Gasteiger partial charge < -0.3 is 5.32 Å². The Morgan fingerprint density at radius 2 is 2.05 bits per heavy atom. The summed E-state index contributed by atoms with van der Waals surface area (Å²) in [5.74, 6) is -0.500. The molecule has 0 aliphatic carbocycles. The highest BCUT2D eigenvalue weighted by molar-refractivity contribution is 9.10. The van der Waals surface area contributed by atoms with Crippen molar-refractivity contribution in [2.45, 2.75) is 6.54 Å². The highest BCUT2D eigenvalue weighted by Crippen LogP contribution is 2.25. The Balaban J connectivity index is 2.10. The van der Waals surface area contributed by atoms with Crippen molar-refractivity contribution in [2.24, 2.45) is 0 Å². The first kappa shape index (κ1) is 13.9. The number of nitrogens with one attached hydrogen (secondary N) is 1. The predicted octanol–water partition coefficient (Wildman–Crippen LogP) is 4.73. The van der Waals surface area contributed by atoms with Crippen LogP contribution in [0.3, 0.4) is 0 Å². The SMILES string of the molecule is N#Cc1cc(CNc2ccc(Cl)c(Br)c2)ccc1F. The maximum atomic E-state index is 13.2. The molecule has 0 aliphatic rings. The Morgan fingerprint density at radius 3 is 2.74 bits per heavy atom. The zero-order chi connectivity index (χ0) is 13.8. The van der Waals surface area contributed by atoms with Gasteiger partial charge in [0.05, 0.1) is 10.6 Å². The molecule has 96 valence electrons. The fourth-order valence-electron chi connectivity index (χ4n) is 1.58. The molecule has 0 heterocycles. The summed E-state index contributed by atoms with van der Waals surface area (Å²) in [6.07, 6.45) is 0. The third-order valence-corrected chi connectivity index (χ3v) is 3.78. The van der Waals surface area contributed by atoms with Crippen molar-refractivity contribution in [3.05, 3.63) is 62.8 Å². The smallest absolute Gasteiger partial charge is 0.140 e. The third-order valence-electron chi connectivity index (χ3n) is 2.57. The van der Waals surface area contributed by atoms with E-state index in [1.807, 2.05) is 18.2 Å². The summed E-state index contributed by atoms with van der Waals surface area (Å²) >= 11 is 9.24. The molecule has 0 saturated heterocycles. The van der Waals surface area contributed by atoms with Crippen LogP contribution in [0.4, 0.5) is 10.1 Å². The summed E-state index contributed by atoms with van der Waals surface area (Å²) in [4.78, 5) is 0. The van der Waals surface area contributed by atoms with Gasteiger partial charge >= 0.3 is 0 Å². The second-order valence-corrected chi connectivity index (χ2v) is 5.17. The molecule has 0 atom stereocenters. The Morgan fingerprint density at radius 1 is 1.26 bits per heavy atom. The zero-order valence-electron chi connectivity index (χ0n) is 9.75. The summed E-state index contributed by atoms with van der Waals surface area (Å²) in [5.41, 5.74) is 1.78. The van der Waals surface area contributed by atoms with E-state index in [-0.39, 0.29) is 5.56 Å². The third kappa shape index (κ3) is 3.46. The standard InChI is InChI=1S/C14H9BrClFN2/c15-12-6-11(2-3-13(12)16)19-8-9-1-4-14(17)10(5-9)7-18/h1-6,19H,8H2. The first-order valence-corrected chi connectivity index (χ1v) is 6.64. The van der Waals surface area contributed by atoms with Crippen LogP contribution >= 0.6 is 27.5 Å². The summed E-state index contributed by atoms with van der Waals surface area (Å²) < 4.78 is 14.0. The molecule has 0 amide bonds. The van der Waals surface area contributed by atoms with Gasteiger partial charge in [0.15, 0.2) is 0 Å². The number of hydrogen-bond donors (Lipinski definition) is 1. The molecule has 1 N–H and O–H groups in total. The number of nitriles is 1. The van der Waals surface area contributed by atoms with E-state index in [0.29, 0.717) is 11.6 Å². The molecule has 2 rings (SSSR count). The van der Waals surface area contributed by atoms with Gasteiger partial charge in [-0.15, -0.1) is 0 Å². The number of hydrogen-bond acceptors (Lipinski definition) is 2. The lowest BCUT2D eigenvalue weighted by Gasteiger charge is -2.08. The van der Waals surface area contributed by atoms with Crippen LogP contribution in [0.25, 0.3) is 0 Å². The van der Waals surface area contributed by atoms with Gasteiger partial charge in [-0.3, -0.25) is 0 Å². The highest BCUT2D eigenvalue weighted by Gasteiger charge is 2.03. The fourth-order valence-corrected chi connectivity index (χ4v) is 2.07. The van der Waals surface area contributed by atoms with Gasteiger partial charge in [-0.25, -0.2) is 4.39 Å². The van der Waals surface area contributed by atoms with Crippen molar-refractivity contribution >= 4 is 33.2 Å². The Hall–Kier alpha value is -1.57. The molecule has 0 spiro atoms. The van der Waals surface area contributed by atoms with Crippen molar-refractivity contribution in [2.75, 3.05) is 5.32 Å². The average Bonchev–Trinajstić information content (AvgIpc) is 2.41. The first-order valence-electron chi connectivity index (χ1n) is 5.47. The first-order chi connectivity index (χ1) is 9.10. The van der Waals surface area contributed by atoms with Crippen LogP contribution < -0.4 is 5.32 Å². The zero-order valence-corrected chi connectivity index (χ0v) is 12.1. The molecule has 0 unspecified atom stereocenters. The molecule has 5 heteroatoms. The Bertz CT molecular complexity index is 652. The monoisotopic (exact) mass is 338 g/mol. The number of anilines is 1. The molecule has 0 saturated carbocycles. The van der Waals surface area contributed by atoms with Gasteiger partial charge in [-0.05, 0) is 51.8 Å². The molecular weight excluding hydrogens is 331 g/mol. The van der Waals surface area contributed by atoms with E-state index in [9.17, 15) is 4.39 Å². The van der Waals surface area contributed by atoms with Crippen LogP contribution in [0.2, 0.25) is 5.02 Å². The maximum Gasteiger partial charge on any atom is 0.140 e. The number of halogens is 3. The van der Waals surface area contributed by atoms with E-state index < -0.39 is 5.82 Å². The summed E-state index contributed by atoms with van der Waals surface area (Å²) in [5, 5.41) is 12.6. The van der Waals surface area contributed by atoms with Crippen LogP contribution in [0.1, 0.15) is 11.1 Å². The molecular formula is C14H9BrClFN2. The average molecular weight is 340 g/mol. The van der Waals surface area contributed by atoms with Crippen LogP contribution in [0.15, 0.2) is 40.9 Å². The van der Waals surface area contributed by atoms with Gasteiger partial charge in [-0.2, -0.15) is 5.26 Å². The topological polar surface area (TPSA) is 35.8 Å². The lowest BCUT2D eigenvalue weighted by Crippen LogP contribution is -2.00. The van der Waals surface area contributed by atoms with Crippen molar-refractivity contribution < 1.29 is 4.39 Å². The Kier molecular flexibility index (Phi) is 4.41. The van der Waals surface area contributed by atoms with Crippen LogP contribution in [-0.2, 0) is 6.54 Å². The minimum Gasteiger partial charge on any atom is -0.381 e. The van der Waals surface area contributed by atoms with Gasteiger partial charge in [0.2, 0.25) is 0 Å². The van der Waals surface area contributed by atoms with E-state index in [1.165, 1.54) is 12.1 Å². The van der Waals surface area contributed by atoms with Gasteiger partial charge in [0.1, 0.15) is 11.9 Å². The Labute approximate surface area is 123 Å². The van der Waals surface area contributed by atoms with Crippen LogP contribution in [0.5, 0.6) is 0 Å². The molecule has 19 heavy (non-hydrogen) atoms. The number of rotatable bonds is 3. The van der Waals surface area contributed by atoms with Crippen molar-refractivity contribution in [1.29, 1.82) is 5.26 Å². The fraction of sp³-hybridized carbons (Fsp3) is 0.0714. The summed E-state index contributed by atoms with van der Waals surface area (Å²) in [7, 11) is 0. The lowest BCUT2D eigenvalue weighted by molar-refractivity contribution is 0.623. The summed E-state index contributed by atoms with van der Waals surface area (Å²) in [6.45, 7) is 0.503. The molecule has 2 nitrogen and oxygen atoms in total. The van der Waals surface area contributed by atoms with Gasteiger partial charge in [-0.1, -0.05) is 17.7 Å². The maximum absolute atomic E-state index is 13.2. The minimum atomic E-state index is -0.500. The molecule has 2 aromatic carbocycles.